The summed E-state index contributed by atoms with van der Waals surface area (Å²) in [5.74, 6) is 0.0687. The van der Waals surface area contributed by atoms with Crippen LogP contribution in [0.1, 0.15) is 5.56 Å². The van der Waals surface area contributed by atoms with Gasteiger partial charge < -0.3 is 5.32 Å². The van der Waals surface area contributed by atoms with Crippen molar-refractivity contribution in [3.8, 4) is 0 Å². The average Bonchev–Trinajstić information content (AvgIpc) is 2.90. The Morgan fingerprint density at radius 2 is 1.91 bits per heavy atom. The Morgan fingerprint density at radius 3 is 2.59 bits per heavy atom. The van der Waals surface area contributed by atoms with Gasteiger partial charge in [-0.25, -0.2) is 9.37 Å². The van der Waals surface area contributed by atoms with E-state index < -0.39 is 15.1 Å². The van der Waals surface area contributed by atoms with Gasteiger partial charge in [-0.1, -0.05) is 12.1 Å². The molecule has 22 heavy (non-hydrogen) atoms. The molecule has 7 nitrogen and oxygen atoms in total. The van der Waals surface area contributed by atoms with Crippen molar-refractivity contribution in [2.45, 2.75) is 11.6 Å². The molecule has 0 fully saturated rings. The van der Waals surface area contributed by atoms with Crippen LogP contribution in [-0.2, 0) is 16.7 Å². The first-order valence-corrected chi connectivity index (χ1v) is 7.68. The second kappa shape index (κ2) is 5.35. The van der Waals surface area contributed by atoms with Crippen molar-refractivity contribution < 1.29 is 17.4 Å². The molecule has 0 spiro atoms. The van der Waals surface area contributed by atoms with Crippen LogP contribution in [0.4, 0.5) is 10.2 Å². The minimum atomic E-state index is -4.41. The number of rotatable bonds is 4. The van der Waals surface area contributed by atoms with Gasteiger partial charge in [0, 0.05) is 6.54 Å². The molecule has 9 heteroatoms. The van der Waals surface area contributed by atoms with Crippen molar-refractivity contribution in [1.82, 2.24) is 14.6 Å². The molecule has 0 saturated carbocycles. The molecule has 114 valence electrons. The zero-order chi connectivity index (χ0) is 15.7. The number of halogens is 1. The number of anilines is 1. The summed E-state index contributed by atoms with van der Waals surface area (Å²) in [7, 11) is -4.41. The number of aromatic nitrogens is 3. The number of hydrogen-bond donors (Lipinski definition) is 2. The molecule has 3 rings (SSSR count). The van der Waals surface area contributed by atoms with Crippen molar-refractivity contribution >= 4 is 21.6 Å². The molecule has 0 aliphatic rings. The van der Waals surface area contributed by atoms with Gasteiger partial charge in [0.15, 0.2) is 5.65 Å². The van der Waals surface area contributed by atoms with Crippen LogP contribution in [0.5, 0.6) is 0 Å². The maximum absolute atomic E-state index is 12.8. The van der Waals surface area contributed by atoms with Gasteiger partial charge in [0.2, 0.25) is 5.03 Å². The molecule has 2 heterocycles. The number of hydrogen-bond acceptors (Lipinski definition) is 5. The van der Waals surface area contributed by atoms with Gasteiger partial charge >= 0.3 is 10.1 Å². The molecule has 0 radical (unpaired) electrons. The standard InChI is InChI=1S/C13H11FN4O3S/c14-10-3-1-9(2-4-10)7-15-11-5-6-12-16-8-13(18(12)17-11)22(19,20)21/h1-6,8H,7H2,(H,15,17)(H,19,20,21). The van der Waals surface area contributed by atoms with Crippen LogP contribution in [0.25, 0.3) is 5.65 Å². The lowest BCUT2D eigenvalue weighted by Crippen LogP contribution is -2.08. The Morgan fingerprint density at radius 1 is 1.18 bits per heavy atom. The first kappa shape index (κ1) is 14.4. The van der Waals surface area contributed by atoms with Gasteiger partial charge in [0.05, 0.1) is 6.20 Å². The van der Waals surface area contributed by atoms with E-state index in [9.17, 15) is 12.8 Å². The van der Waals surface area contributed by atoms with Gasteiger partial charge in [-0.15, -0.1) is 5.10 Å². The van der Waals surface area contributed by atoms with E-state index in [0.29, 0.717) is 18.0 Å². The van der Waals surface area contributed by atoms with Crippen LogP contribution in [0, 0.1) is 5.82 Å². The summed E-state index contributed by atoms with van der Waals surface area (Å²) in [4.78, 5) is 3.85. The Kier molecular flexibility index (Phi) is 3.51. The lowest BCUT2D eigenvalue weighted by molar-refractivity contribution is 0.476. The molecule has 0 aliphatic heterocycles. The predicted molar refractivity (Wildman–Crippen MR) is 76.5 cm³/mol. The fraction of sp³-hybridized carbons (Fsp3) is 0.0769. The Hall–Kier alpha value is -2.52. The maximum Gasteiger partial charge on any atom is 0.313 e. The second-order valence-electron chi connectivity index (χ2n) is 4.54. The Labute approximate surface area is 125 Å². The van der Waals surface area contributed by atoms with Gasteiger partial charge in [-0.05, 0) is 29.8 Å². The summed E-state index contributed by atoms with van der Waals surface area (Å²) in [5, 5.41) is 6.64. The van der Waals surface area contributed by atoms with Gasteiger partial charge in [-0.2, -0.15) is 12.9 Å². The molecule has 0 aliphatic carbocycles. The number of benzene rings is 1. The quantitative estimate of drug-likeness (QED) is 0.710. The van der Waals surface area contributed by atoms with E-state index in [2.05, 4.69) is 15.4 Å². The number of nitrogens with one attached hydrogen (secondary N) is 1. The number of imidazole rings is 1. The first-order valence-electron chi connectivity index (χ1n) is 6.24. The van der Waals surface area contributed by atoms with Crippen LogP contribution in [-0.4, -0.2) is 27.6 Å². The van der Waals surface area contributed by atoms with E-state index in [4.69, 9.17) is 4.55 Å². The van der Waals surface area contributed by atoms with E-state index in [1.165, 1.54) is 12.1 Å². The van der Waals surface area contributed by atoms with Crippen molar-refractivity contribution in [1.29, 1.82) is 0 Å². The van der Waals surface area contributed by atoms with E-state index in [-0.39, 0.29) is 5.82 Å². The van der Waals surface area contributed by atoms with Crippen LogP contribution >= 0.6 is 0 Å². The van der Waals surface area contributed by atoms with E-state index in [1.54, 1.807) is 24.3 Å². The first-order chi connectivity index (χ1) is 10.4. The second-order valence-corrected chi connectivity index (χ2v) is 5.91. The molecule has 0 amide bonds. The maximum atomic E-state index is 12.8. The fourth-order valence-corrected chi connectivity index (χ4v) is 2.46. The third kappa shape index (κ3) is 2.90. The summed E-state index contributed by atoms with van der Waals surface area (Å²) in [5.41, 5.74) is 1.13. The summed E-state index contributed by atoms with van der Waals surface area (Å²) < 4.78 is 45.4. The zero-order valence-electron chi connectivity index (χ0n) is 11.1. The minimum Gasteiger partial charge on any atom is -0.365 e. The van der Waals surface area contributed by atoms with E-state index in [0.717, 1.165) is 16.3 Å². The number of nitrogens with zero attached hydrogens (tertiary/aromatic N) is 3. The molecule has 2 aromatic heterocycles. The SMILES string of the molecule is O=S(=O)(O)c1cnc2ccc(NCc3ccc(F)cc3)nn12. The predicted octanol–water partition coefficient (Wildman–Crippen LogP) is 1.73. The van der Waals surface area contributed by atoms with Gasteiger partial charge in [0.1, 0.15) is 11.6 Å². The van der Waals surface area contributed by atoms with Crippen LogP contribution in [0.15, 0.2) is 47.6 Å². The average molecular weight is 322 g/mol. The molecular weight excluding hydrogens is 311 g/mol. The molecular formula is C13H11FN4O3S. The molecule has 0 saturated heterocycles. The van der Waals surface area contributed by atoms with Crippen molar-refractivity contribution in [2.75, 3.05) is 5.32 Å². The van der Waals surface area contributed by atoms with Gasteiger partial charge in [0.25, 0.3) is 0 Å². The van der Waals surface area contributed by atoms with Crippen molar-refractivity contribution in [2.24, 2.45) is 0 Å². The summed E-state index contributed by atoms with van der Waals surface area (Å²) in [6.07, 6.45) is 1.03. The fourth-order valence-electron chi connectivity index (χ4n) is 1.92. The smallest absolute Gasteiger partial charge is 0.313 e. The van der Waals surface area contributed by atoms with E-state index in [1.807, 2.05) is 0 Å². The summed E-state index contributed by atoms with van der Waals surface area (Å²) in [6, 6.07) is 9.14. The highest BCUT2D eigenvalue weighted by molar-refractivity contribution is 7.85. The zero-order valence-corrected chi connectivity index (χ0v) is 12.0. The Balaban J connectivity index is 1.87. The molecule has 0 atom stereocenters. The lowest BCUT2D eigenvalue weighted by atomic mass is 10.2. The highest BCUT2D eigenvalue weighted by Crippen LogP contribution is 2.14. The van der Waals surface area contributed by atoms with Crippen LogP contribution in [0.2, 0.25) is 0 Å². The normalized spacial score (nSPS) is 11.7. The van der Waals surface area contributed by atoms with E-state index >= 15 is 0 Å². The molecule has 2 N–H and O–H groups in total. The van der Waals surface area contributed by atoms with Crippen LogP contribution < -0.4 is 5.32 Å². The molecule has 0 unspecified atom stereocenters. The molecule has 3 aromatic rings. The third-order valence-electron chi connectivity index (χ3n) is 2.98. The number of fused-ring (bicyclic) bond motifs is 1. The van der Waals surface area contributed by atoms with Gasteiger partial charge in [-0.3, -0.25) is 4.55 Å². The highest BCUT2D eigenvalue weighted by Gasteiger charge is 2.17. The summed E-state index contributed by atoms with van der Waals surface area (Å²) in [6.45, 7) is 0.384. The largest absolute Gasteiger partial charge is 0.365 e. The molecule has 1 aromatic carbocycles. The lowest BCUT2D eigenvalue weighted by Gasteiger charge is -2.06. The Bertz CT molecular complexity index is 922. The monoisotopic (exact) mass is 322 g/mol. The summed E-state index contributed by atoms with van der Waals surface area (Å²) >= 11 is 0. The highest BCUT2D eigenvalue weighted by atomic mass is 32.2. The van der Waals surface area contributed by atoms with Crippen molar-refractivity contribution in [3.05, 3.63) is 54.0 Å². The van der Waals surface area contributed by atoms with Crippen LogP contribution in [0.3, 0.4) is 0 Å². The third-order valence-corrected chi connectivity index (χ3v) is 3.79. The van der Waals surface area contributed by atoms with Crippen molar-refractivity contribution in [3.63, 3.8) is 0 Å². The molecule has 0 bridgehead atoms. The minimum absolute atomic E-state index is 0.292. The topological polar surface area (TPSA) is 96.6 Å².